The fourth-order valence-corrected chi connectivity index (χ4v) is 2.65. The summed E-state index contributed by atoms with van der Waals surface area (Å²) >= 11 is 0. The largest absolute Gasteiger partial charge is 0.374 e. The lowest BCUT2D eigenvalue weighted by Gasteiger charge is -2.15. The summed E-state index contributed by atoms with van der Waals surface area (Å²) in [4.78, 5) is 28.7. The molecular formula is C19H29N5O3. The minimum absolute atomic E-state index is 0.0608. The number of rotatable bonds is 10. The normalized spacial score (nSPS) is 15.6. The number of benzene rings is 1. The van der Waals surface area contributed by atoms with Crippen molar-refractivity contribution >= 4 is 17.9 Å². The number of carbonyl (C=O) groups is 2. The molecule has 1 atom stereocenters. The molecule has 8 nitrogen and oxygen atoms in total. The van der Waals surface area contributed by atoms with E-state index in [0.717, 1.165) is 18.5 Å². The van der Waals surface area contributed by atoms with Gasteiger partial charge in [0.1, 0.15) is 0 Å². The number of nitrogens with zero attached hydrogens (tertiary/aromatic N) is 2. The Morgan fingerprint density at radius 3 is 2.74 bits per heavy atom. The van der Waals surface area contributed by atoms with Gasteiger partial charge in [-0.1, -0.05) is 30.3 Å². The topological polar surface area (TPSA) is 95.1 Å². The number of guanidine groups is 1. The van der Waals surface area contributed by atoms with E-state index in [1.54, 1.807) is 0 Å². The lowest BCUT2D eigenvalue weighted by atomic mass is 10.1. The van der Waals surface area contributed by atoms with Gasteiger partial charge in [0.05, 0.1) is 12.6 Å². The van der Waals surface area contributed by atoms with E-state index in [1.807, 2.05) is 32.0 Å². The molecule has 1 aliphatic rings. The van der Waals surface area contributed by atoms with Crippen LogP contribution < -0.4 is 16.0 Å². The lowest BCUT2D eigenvalue weighted by Crippen LogP contribution is -2.43. The summed E-state index contributed by atoms with van der Waals surface area (Å²) in [5, 5.41) is 8.79. The molecule has 0 radical (unpaired) electrons. The molecule has 2 rings (SSSR count). The Labute approximate surface area is 160 Å². The molecule has 1 fully saturated rings. The summed E-state index contributed by atoms with van der Waals surface area (Å²) in [5.41, 5.74) is 1.16. The predicted molar refractivity (Wildman–Crippen MR) is 105 cm³/mol. The molecule has 8 heteroatoms. The zero-order valence-corrected chi connectivity index (χ0v) is 16.0. The third-order valence-electron chi connectivity index (χ3n) is 4.12. The number of aliphatic imine (C=N–C) groups is 1. The van der Waals surface area contributed by atoms with Crippen molar-refractivity contribution in [2.24, 2.45) is 4.99 Å². The van der Waals surface area contributed by atoms with Gasteiger partial charge in [0.15, 0.2) is 5.96 Å². The van der Waals surface area contributed by atoms with Crippen LogP contribution in [-0.2, 0) is 9.53 Å². The van der Waals surface area contributed by atoms with Gasteiger partial charge in [0.25, 0.3) is 0 Å². The fraction of sp³-hybridized carbons (Fsp3) is 0.526. The van der Waals surface area contributed by atoms with Gasteiger partial charge < -0.3 is 20.7 Å². The molecule has 0 bridgehead atoms. The van der Waals surface area contributed by atoms with Crippen molar-refractivity contribution in [2.45, 2.75) is 26.4 Å². The van der Waals surface area contributed by atoms with Crippen LogP contribution in [0.5, 0.6) is 0 Å². The molecule has 0 aliphatic carbocycles. The number of ether oxygens (including phenoxy) is 1. The van der Waals surface area contributed by atoms with E-state index >= 15 is 0 Å². The highest BCUT2D eigenvalue weighted by molar-refractivity contribution is 6.01. The number of imide groups is 1. The number of amides is 3. The Morgan fingerprint density at radius 1 is 1.30 bits per heavy atom. The zero-order valence-electron chi connectivity index (χ0n) is 16.0. The summed E-state index contributed by atoms with van der Waals surface area (Å²) in [6.45, 7) is 6.85. The summed E-state index contributed by atoms with van der Waals surface area (Å²) in [6, 6.07) is 9.78. The minimum atomic E-state index is -0.339. The second-order valence-electron chi connectivity index (χ2n) is 6.17. The highest BCUT2D eigenvalue weighted by Gasteiger charge is 2.27. The lowest BCUT2D eigenvalue weighted by molar-refractivity contribution is -0.124. The molecule has 0 aromatic heterocycles. The zero-order chi connectivity index (χ0) is 19.5. The molecule has 3 amide bonds. The maximum atomic E-state index is 11.5. The number of hydrogen-bond donors (Lipinski definition) is 3. The van der Waals surface area contributed by atoms with Gasteiger partial charge in [-0.15, -0.1) is 0 Å². The number of nitrogens with one attached hydrogen (secondary N) is 3. The average molecular weight is 375 g/mol. The van der Waals surface area contributed by atoms with E-state index in [4.69, 9.17) is 4.74 Å². The van der Waals surface area contributed by atoms with Crippen molar-refractivity contribution < 1.29 is 14.3 Å². The van der Waals surface area contributed by atoms with Gasteiger partial charge in [-0.25, -0.2) is 4.79 Å². The summed E-state index contributed by atoms with van der Waals surface area (Å²) in [7, 11) is 0. The quantitative estimate of drug-likeness (QED) is 0.248. The standard InChI is InChI=1S/C19H29N5O3/c1-3-20-18(22-11-12-24-17(25)14-23-19(24)26)21-10-7-13-27-15(2)16-8-5-4-6-9-16/h4-6,8-9,15H,3,7,10-14H2,1-2H3,(H,23,26)(H2,20,21,22). The van der Waals surface area contributed by atoms with Crippen LogP contribution in [0, 0.1) is 0 Å². The number of carbonyl (C=O) groups excluding carboxylic acids is 2. The molecule has 1 heterocycles. The fourth-order valence-electron chi connectivity index (χ4n) is 2.65. The van der Waals surface area contributed by atoms with Crippen LogP contribution in [0.3, 0.4) is 0 Å². The number of urea groups is 1. The molecule has 148 valence electrons. The Kier molecular flexibility index (Phi) is 8.57. The van der Waals surface area contributed by atoms with Crippen molar-refractivity contribution in [2.75, 3.05) is 39.3 Å². The second kappa shape index (κ2) is 11.2. The van der Waals surface area contributed by atoms with Crippen LogP contribution in [-0.4, -0.2) is 62.1 Å². The highest BCUT2D eigenvalue weighted by Crippen LogP contribution is 2.15. The molecular weight excluding hydrogens is 346 g/mol. The average Bonchev–Trinajstić information content (AvgIpc) is 3.00. The van der Waals surface area contributed by atoms with Crippen LogP contribution in [0.2, 0.25) is 0 Å². The van der Waals surface area contributed by atoms with E-state index in [9.17, 15) is 9.59 Å². The van der Waals surface area contributed by atoms with E-state index < -0.39 is 0 Å². The van der Waals surface area contributed by atoms with Crippen molar-refractivity contribution in [3.8, 4) is 0 Å². The second-order valence-corrected chi connectivity index (χ2v) is 6.17. The van der Waals surface area contributed by atoms with Gasteiger partial charge in [0.2, 0.25) is 5.91 Å². The molecule has 1 aromatic rings. The highest BCUT2D eigenvalue weighted by atomic mass is 16.5. The van der Waals surface area contributed by atoms with E-state index in [-0.39, 0.29) is 24.6 Å². The summed E-state index contributed by atoms with van der Waals surface area (Å²) in [5.74, 6) is 0.467. The minimum Gasteiger partial charge on any atom is -0.374 e. The van der Waals surface area contributed by atoms with E-state index in [1.165, 1.54) is 4.90 Å². The Balaban J connectivity index is 1.67. The Morgan fingerprint density at radius 2 is 2.07 bits per heavy atom. The Hall–Kier alpha value is -2.61. The van der Waals surface area contributed by atoms with Crippen LogP contribution in [0.1, 0.15) is 31.9 Å². The molecule has 1 aliphatic heterocycles. The van der Waals surface area contributed by atoms with Gasteiger partial charge in [-0.05, 0) is 25.8 Å². The molecule has 1 aromatic carbocycles. The first-order chi connectivity index (χ1) is 13.1. The molecule has 27 heavy (non-hydrogen) atoms. The van der Waals surface area contributed by atoms with Gasteiger partial charge in [0, 0.05) is 32.8 Å². The molecule has 0 spiro atoms. The third kappa shape index (κ3) is 6.90. The molecule has 1 unspecified atom stereocenters. The SMILES string of the molecule is CCNC(=NCCCOC(C)c1ccccc1)NCCN1C(=O)CNC1=O. The maximum absolute atomic E-state index is 11.5. The molecule has 1 saturated heterocycles. The van der Waals surface area contributed by atoms with Crippen molar-refractivity contribution in [1.82, 2.24) is 20.9 Å². The summed E-state index contributed by atoms with van der Waals surface area (Å²) in [6.07, 6.45) is 0.867. The summed E-state index contributed by atoms with van der Waals surface area (Å²) < 4.78 is 5.84. The van der Waals surface area contributed by atoms with E-state index in [2.05, 4.69) is 33.1 Å². The molecule has 0 saturated carbocycles. The first-order valence-corrected chi connectivity index (χ1v) is 9.38. The molecule has 3 N–H and O–H groups in total. The van der Waals surface area contributed by atoms with Crippen molar-refractivity contribution in [3.63, 3.8) is 0 Å². The monoisotopic (exact) mass is 375 g/mol. The third-order valence-corrected chi connectivity index (χ3v) is 4.12. The van der Waals surface area contributed by atoms with Gasteiger partial charge >= 0.3 is 6.03 Å². The first-order valence-electron chi connectivity index (χ1n) is 9.38. The smallest absolute Gasteiger partial charge is 0.324 e. The van der Waals surface area contributed by atoms with Crippen molar-refractivity contribution in [1.29, 1.82) is 0 Å². The van der Waals surface area contributed by atoms with E-state index in [0.29, 0.717) is 32.2 Å². The Bertz CT molecular complexity index is 619. The maximum Gasteiger partial charge on any atom is 0.324 e. The van der Waals surface area contributed by atoms with Crippen LogP contribution in [0.25, 0.3) is 0 Å². The first kappa shape index (κ1) is 20.7. The number of hydrogen-bond acceptors (Lipinski definition) is 4. The van der Waals surface area contributed by atoms with Crippen molar-refractivity contribution in [3.05, 3.63) is 35.9 Å². The van der Waals surface area contributed by atoms with Gasteiger partial charge in [-0.2, -0.15) is 0 Å². The van der Waals surface area contributed by atoms with Crippen LogP contribution in [0.4, 0.5) is 4.79 Å². The van der Waals surface area contributed by atoms with Crippen LogP contribution in [0.15, 0.2) is 35.3 Å². The predicted octanol–water partition coefficient (Wildman–Crippen LogP) is 1.26. The van der Waals surface area contributed by atoms with Gasteiger partial charge in [-0.3, -0.25) is 14.7 Å². The van der Waals surface area contributed by atoms with Crippen LogP contribution >= 0.6 is 0 Å².